The molecule has 1 aromatic heterocycles. The fourth-order valence-corrected chi connectivity index (χ4v) is 4.35. The van der Waals surface area contributed by atoms with E-state index in [1.807, 2.05) is 31.2 Å². The minimum Gasteiger partial charge on any atom is -0.339 e. The monoisotopic (exact) mass is 358 g/mol. The van der Waals surface area contributed by atoms with E-state index < -0.39 is 0 Å². The normalized spacial score (nSPS) is 16.8. The lowest BCUT2D eigenvalue weighted by molar-refractivity contribution is -0.131. The highest BCUT2D eigenvalue weighted by Gasteiger charge is 2.29. The molecule has 1 saturated heterocycles. The molecule has 0 bridgehead atoms. The zero-order valence-electron chi connectivity index (χ0n) is 16.1. The summed E-state index contributed by atoms with van der Waals surface area (Å²) in [5, 5.41) is 1.15. The SMILES string of the molecule is Cc1nc2ccccc2c(C)c1CC(=O)N1CCC[C@H]1Cc1ccccc1. The Bertz CT molecular complexity index is 965. The summed E-state index contributed by atoms with van der Waals surface area (Å²) >= 11 is 0. The maximum atomic E-state index is 13.2. The number of carbonyl (C=O) groups is 1. The number of aryl methyl sites for hydroxylation is 2. The minimum absolute atomic E-state index is 0.233. The number of rotatable bonds is 4. The number of carbonyl (C=O) groups excluding carboxylic acids is 1. The number of hydrogen-bond acceptors (Lipinski definition) is 2. The largest absolute Gasteiger partial charge is 0.339 e. The highest BCUT2D eigenvalue weighted by atomic mass is 16.2. The predicted octanol–water partition coefficient (Wildman–Crippen LogP) is 4.63. The van der Waals surface area contributed by atoms with Gasteiger partial charge in [-0.3, -0.25) is 9.78 Å². The molecule has 0 spiro atoms. The van der Waals surface area contributed by atoms with Gasteiger partial charge in [-0.2, -0.15) is 0 Å². The summed E-state index contributed by atoms with van der Waals surface area (Å²) < 4.78 is 0. The second kappa shape index (κ2) is 7.51. The fourth-order valence-electron chi connectivity index (χ4n) is 4.35. The van der Waals surface area contributed by atoms with Gasteiger partial charge in [0.2, 0.25) is 5.91 Å². The summed E-state index contributed by atoms with van der Waals surface area (Å²) in [7, 11) is 0. The number of fused-ring (bicyclic) bond motifs is 1. The summed E-state index contributed by atoms with van der Waals surface area (Å²) in [5.41, 5.74) is 5.56. The number of para-hydroxylation sites is 1. The van der Waals surface area contributed by atoms with E-state index in [4.69, 9.17) is 4.98 Å². The van der Waals surface area contributed by atoms with Crippen LogP contribution in [0.15, 0.2) is 54.6 Å². The number of aromatic nitrogens is 1. The summed E-state index contributed by atoms with van der Waals surface area (Å²) in [5.74, 6) is 0.233. The topological polar surface area (TPSA) is 33.2 Å². The van der Waals surface area contributed by atoms with Crippen molar-refractivity contribution in [3.05, 3.63) is 77.0 Å². The number of pyridine rings is 1. The molecule has 4 rings (SSSR count). The third-order valence-corrected chi connectivity index (χ3v) is 5.83. The van der Waals surface area contributed by atoms with E-state index in [0.29, 0.717) is 12.5 Å². The lowest BCUT2D eigenvalue weighted by atomic mass is 9.98. The molecule has 1 aliphatic heterocycles. The molecule has 0 radical (unpaired) electrons. The van der Waals surface area contributed by atoms with Crippen LogP contribution in [0.3, 0.4) is 0 Å². The minimum atomic E-state index is 0.233. The van der Waals surface area contributed by atoms with Crippen LogP contribution in [-0.2, 0) is 17.6 Å². The molecule has 1 fully saturated rings. The summed E-state index contributed by atoms with van der Waals surface area (Å²) in [4.78, 5) is 20.0. The van der Waals surface area contributed by atoms with Crippen molar-refractivity contribution < 1.29 is 4.79 Å². The molecule has 0 N–H and O–H groups in total. The molecule has 3 heteroatoms. The number of likely N-dealkylation sites (tertiary alicyclic amines) is 1. The van der Waals surface area contributed by atoms with E-state index in [9.17, 15) is 4.79 Å². The van der Waals surface area contributed by atoms with Crippen LogP contribution < -0.4 is 0 Å². The molecule has 2 aromatic carbocycles. The Hall–Kier alpha value is -2.68. The smallest absolute Gasteiger partial charge is 0.227 e. The zero-order chi connectivity index (χ0) is 18.8. The number of amides is 1. The molecule has 2 heterocycles. The maximum absolute atomic E-state index is 13.2. The molecule has 0 unspecified atom stereocenters. The van der Waals surface area contributed by atoms with E-state index >= 15 is 0 Å². The van der Waals surface area contributed by atoms with Crippen molar-refractivity contribution in [3.8, 4) is 0 Å². The first kappa shape index (κ1) is 17.7. The lowest BCUT2D eigenvalue weighted by Gasteiger charge is -2.26. The molecule has 0 saturated carbocycles. The summed E-state index contributed by atoms with van der Waals surface area (Å²) in [6.07, 6.45) is 3.58. The number of benzene rings is 2. The Labute approximate surface area is 161 Å². The molecule has 1 atom stereocenters. The first-order valence-corrected chi connectivity index (χ1v) is 9.81. The Kier molecular flexibility index (Phi) is 4.93. The average Bonchev–Trinajstić information content (AvgIpc) is 3.14. The summed E-state index contributed by atoms with van der Waals surface area (Å²) in [6, 6.07) is 19.0. The molecule has 1 amide bonds. The highest BCUT2D eigenvalue weighted by Crippen LogP contribution is 2.26. The van der Waals surface area contributed by atoms with E-state index in [1.54, 1.807) is 0 Å². The Morgan fingerprint density at radius 3 is 2.63 bits per heavy atom. The van der Waals surface area contributed by atoms with Gasteiger partial charge in [-0.25, -0.2) is 0 Å². The number of hydrogen-bond donors (Lipinski definition) is 0. The Morgan fingerprint density at radius 2 is 1.81 bits per heavy atom. The van der Waals surface area contributed by atoms with Crippen LogP contribution in [0.25, 0.3) is 10.9 Å². The van der Waals surface area contributed by atoms with Crippen molar-refractivity contribution in [3.63, 3.8) is 0 Å². The molecule has 27 heavy (non-hydrogen) atoms. The first-order chi connectivity index (χ1) is 13.1. The van der Waals surface area contributed by atoms with Gasteiger partial charge in [-0.15, -0.1) is 0 Å². The van der Waals surface area contributed by atoms with Crippen LogP contribution in [0.5, 0.6) is 0 Å². The van der Waals surface area contributed by atoms with Crippen molar-refractivity contribution >= 4 is 16.8 Å². The van der Waals surface area contributed by atoms with Crippen LogP contribution in [0.4, 0.5) is 0 Å². The van der Waals surface area contributed by atoms with Crippen molar-refractivity contribution in [2.45, 2.75) is 45.6 Å². The molecule has 3 aromatic rings. The van der Waals surface area contributed by atoms with Crippen molar-refractivity contribution in [2.75, 3.05) is 6.54 Å². The van der Waals surface area contributed by atoms with E-state index in [0.717, 1.165) is 48.0 Å². The fraction of sp³-hybridized carbons (Fsp3) is 0.333. The van der Waals surface area contributed by atoms with Crippen molar-refractivity contribution in [1.29, 1.82) is 0 Å². The van der Waals surface area contributed by atoms with Gasteiger partial charge in [0, 0.05) is 23.7 Å². The van der Waals surface area contributed by atoms with Gasteiger partial charge in [0.1, 0.15) is 0 Å². The van der Waals surface area contributed by atoms with Gasteiger partial charge >= 0.3 is 0 Å². The van der Waals surface area contributed by atoms with Gasteiger partial charge in [0.15, 0.2) is 0 Å². The Morgan fingerprint density at radius 1 is 1.07 bits per heavy atom. The van der Waals surface area contributed by atoms with Crippen molar-refractivity contribution in [1.82, 2.24) is 9.88 Å². The Balaban J connectivity index is 1.56. The average molecular weight is 358 g/mol. The third-order valence-electron chi connectivity index (χ3n) is 5.83. The van der Waals surface area contributed by atoms with Crippen molar-refractivity contribution in [2.24, 2.45) is 0 Å². The van der Waals surface area contributed by atoms with Crippen LogP contribution in [0, 0.1) is 13.8 Å². The molecule has 138 valence electrons. The summed E-state index contributed by atoms with van der Waals surface area (Å²) in [6.45, 7) is 5.01. The molecular weight excluding hydrogens is 332 g/mol. The second-order valence-corrected chi connectivity index (χ2v) is 7.57. The predicted molar refractivity (Wildman–Crippen MR) is 110 cm³/mol. The van der Waals surface area contributed by atoms with Crippen LogP contribution >= 0.6 is 0 Å². The number of nitrogens with zero attached hydrogens (tertiary/aromatic N) is 2. The van der Waals surface area contributed by atoms with Gasteiger partial charge in [-0.1, -0.05) is 48.5 Å². The van der Waals surface area contributed by atoms with E-state index in [-0.39, 0.29) is 5.91 Å². The first-order valence-electron chi connectivity index (χ1n) is 9.81. The van der Waals surface area contributed by atoms with E-state index in [1.165, 1.54) is 11.1 Å². The molecule has 3 nitrogen and oxygen atoms in total. The second-order valence-electron chi connectivity index (χ2n) is 7.57. The quantitative estimate of drug-likeness (QED) is 0.681. The van der Waals surface area contributed by atoms with Gasteiger partial charge in [0.05, 0.1) is 11.9 Å². The van der Waals surface area contributed by atoms with Gasteiger partial charge in [0.25, 0.3) is 0 Å². The van der Waals surface area contributed by atoms with Gasteiger partial charge < -0.3 is 4.90 Å². The standard InChI is InChI=1S/C24H26N2O/c1-17-21-12-6-7-13-23(21)25-18(2)22(17)16-24(27)26-14-8-11-20(26)15-19-9-4-3-5-10-19/h3-7,9-10,12-13,20H,8,11,14-16H2,1-2H3/t20-/m0/s1. The lowest BCUT2D eigenvalue weighted by Crippen LogP contribution is -2.38. The molecular formula is C24H26N2O. The van der Waals surface area contributed by atoms with Crippen LogP contribution in [0.1, 0.15) is 35.2 Å². The molecule has 0 aliphatic carbocycles. The van der Waals surface area contributed by atoms with Crippen LogP contribution in [-0.4, -0.2) is 28.4 Å². The molecule has 1 aliphatic rings. The van der Waals surface area contributed by atoms with E-state index in [2.05, 4.69) is 42.2 Å². The zero-order valence-corrected chi connectivity index (χ0v) is 16.1. The highest BCUT2D eigenvalue weighted by molar-refractivity contribution is 5.86. The van der Waals surface area contributed by atoms with Gasteiger partial charge in [-0.05, 0) is 55.9 Å². The maximum Gasteiger partial charge on any atom is 0.227 e. The third kappa shape index (κ3) is 3.59. The van der Waals surface area contributed by atoms with Crippen LogP contribution in [0.2, 0.25) is 0 Å².